The van der Waals surface area contributed by atoms with Crippen LogP contribution in [0, 0.1) is 0 Å². The van der Waals surface area contributed by atoms with Crippen LogP contribution in [0.4, 0.5) is 0 Å². The molecule has 20 heavy (non-hydrogen) atoms. The number of aromatic nitrogens is 2. The molecule has 0 saturated heterocycles. The maximum Gasteiger partial charge on any atom is 0.267 e. The summed E-state index contributed by atoms with van der Waals surface area (Å²) in [7, 11) is 0. The van der Waals surface area contributed by atoms with E-state index in [1.165, 1.54) is 4.68 Å². The highest BCUT2D eigenvalue weighted by atomic mass is 35.5. The lowest BCUT2D eigenvalue weighted by molar-refractivity contribution is 0.562. The molecule has 4 nitrogen and oxygen atoms in total. The molecule has 2 heterocycles. The molecule has 104 valence electrons. The molecule has 1 aliphatic heterocycles. The van der Waals surface area contributed by atoms with Crippen molar-refractivity contribution in [3.8, 4) is 0 Å². The van der Waals surface area contributed by atoms with Gasteiger partial charge in [-0.1, -0.05) is 35.3 Å². The van der Waals surface area contributed by atoms with Crippen molar-refractivity contribution in [1.82, 2.24) is 15.1 Å². The zero-order valence-corrected chi connectivity index (χ0v) is 12.2. The number of hydrogen-bond donors (Lipinski definition) is 1. The quantitative estimate of drug-likeness (QED) is 0.925. The predicted molar refractivity (Wildman–Crippen MR) is 79.5 cm³/mol. The van der Waals surface area contributed by atoms with Crippen molar-refractivity contribution in [3.05, 3.63) is 61.5 Å². The first-order valence-corrected chi connectivity index (χ1v) is 7.14. The molecule has 1 aromatic heterocycles. The van der Waals surface area contributed by atoms with Gasteiger partial charge in [-0.05, 0) is 17.2 Å². The van der Waals surface area contributed by atoms with Gasteiger partial charge in [-0.15, -0.1) is 0 Å². The first kappa shape index (κ1) is 13.6. The van der Waals surface area contributed by atoms with E-state index < -0.39 is 0 Å². The molecule has 2 aromatic rings. The minimum absolute atomic E-state index is 0.122. The predicted octanol–water partition coefficient (Wildman–Crippen LogP) is 2.24. The fraction of sp³-hybridized carbons (Fsp3) is 0.286. The third-order valence-corrected chi connectivity index (χ3v) is 4.23. The van der Waals surface area contributed by atoms with Crippen LogP contribution in [-0.2, 0) is 19.5 Å². The molecule has 0 radical (unpaired) electrons. The second kappa shape index (κ2) is 5.56. The highest BCUT2D eigenvalue weighted by Crippen LogP contribution is 2.25. The van der Waals surface area contributed by atoms with Crippen molar-refractivity contribution in [3.63, 3.8) is 0 Å². The lowest BCUT2D eigenvalue weighted by Gasteiger charge is -2.17. The molecular weight excluding hydrogens is 297 g/mol. The van der Waals surface area contributed by atoms with Gasteiger partial charge in [-0.25, -0.2) is 4.68 Å². The Hall–Kier alpha value is -1.36. The molecule has 0 unspecified atom stereocenters. The van der Waals surface area contributed by atoms with Crippen molar-refractivity contribution in [2.45, 2.75) is 19.5 Å². The highest BCUT2D eigenvalue weighted by Gasteiger charge is 2.14. The van der Waals surface area contributed by atoms with Crippen LogP contribution in [0.3, 0.4) is 0 Å². The van der Waals surface area contributed by atoms with Crippen molar-refractivity contribution in [2.24, 2.45) is 0 Å². The Morgan fingerprint density at radius 3 is 3.05 bits per heavy atom. The normalized spacial score (nSPS) is 14.1. The standard InChI is InChI=1S/C14H13Cl2N3O/c15-11-3-1-2-9(14(11)16)8-19-13(20)6-10-7-17-5-4-12(10)18-19/h1-3,6,17H,4-5,7-8H2. The molecule has 1 aromatic carbocycles. The maximum absolute atomic E-state index is 12.1. The molecule has 0 bridgehead atoms. The first-order valence-electron chi connectivity index (χ1n) is 6.38. The number of halogens is 2. The van der Waals surface area contributed by atoms with Crippen LogP contribution in [0.2, 0.25) is 10.0 Å². The van der Waals surface area contributed by atoms with E-state index in [0.717, 1.165) is 29.8 Å². The minimum Gasteiger partial charge on any atom is -0.312 e. The van der Waals surface area contributed by atoms with Gasteiger partial charge in [-0.3, -0.25) is 4.79 Å². The Labute approximate surface area is 126 Å². The third-order valence-electron chi connectivity index (χ3n) is 3.37. The SMILES string of the molecule is O=c1cc2c(nn1Cc1cccc(Cl)c1Cl)CCNC2. The third kappa shape index (κ3) is 2.59. The summed E-state index contributed by atoms with van der Waals surface area (Å²) in [4.78, 5) is 12.1. The van der Waals surface area contributed by atoms with E-state index in [1.807, 2.05) is 12.1 Å². The Morgan fingerprint density at radius 1 is 1.35 bits per heavy atom. The molecule has 0 aliphatic carbocycles. The first-order chi connectivity index (χ1) is 9.65. The molecule has 1 aliphatic rings. The monoisotopic (exact) mass is 309 g/mol. The van der Waals surface area contributed by atoms with Crippen LogP contribution in [0.5, 0.6) is 0 Å². The van der Waals surface area contributed by atoms with Crippen LogP contribution in [-0.4, -0.2) is 16.3 Å². The lowest BCUT2D eigenvalue weighted by atomic mass is 10.1. The fourth-order valence-electron chi connectivity index (χ4n) is 2.30. The van der Waals surface area contributed by atoms with E-state index in [2.05, 4.69) is 10.4 Å². The second-order valence-corrected chi connectivity index (χ2v) is 5.54. The van der Waals surface area contributed by atoms with Gasteiger partial charge in [-0.2, -0.15) is 5.10 Å². The summed E-state index contributed by atoms with van der Waals surface area (Å²) in [6.07, 6.45) is 0.832. The van der Waals surface area contributed by atoms with Crippen molar-refractivity contribution < 1.29 is 0 Å². The van der Waals surface area contributed by atoms with Crippen LogP contribution >= 0.6 is 23.2 Å². The van der Waals surface area contributed by atoms with Gasteiger partial charge >= 0.3 is 0 Å². The van der Waals surface area contributed by atoms with E-state index in [-0.39, 0.29) is 5.56 Å². The largest absolute Gasteiger partial charge is 0.312 e. The summed E-state index contributed by atoms with van der Waals surface area (Å²) < 4.78 is 1.45. The van der Waals surface area contributed by atoms with Crippen LogP contribution in [0.1, 0.15) is 16.8 Å². The Morgan fingerprint density at radius 2 is 2.20 bits per heavy atom. The Bertz CT molecular complexity index is 712. The number of rotatable bonds is 2. The number of fused-ring (bicyclic) bond motifs is 1. The highest BCUT2D eigenvalue weighted by molar-refractivity contribution is 6.42. The lowest BCUT2D eigenvalue weighted by Crippen LogP contribution is -2.31. The van der Waals surface area contributed by atoms with Gasteiger partial charge in [0.2, 0.25) is 0 Å². The van der Waals surface area contributed by atoms with E-state index in [9.17, 15) is 4.79 Å². The summed E-state index contributed by atoms with van der Waals surface area (Å²) in [6.45, 7) is 1.92. The number of nitrogens with zero attached hydrogens (tertiary/aromatic N) is 2. The average molecular weight is 310 g/mol. The number of nitrogens with one attached hydrogen (secondary N) is 1. The fourth-order valence-corrected chi connectivity index (χ4v) is 2.68. The average Bonchev–Trinajstić information content (AvgIpc) is 2.44. The van der Waals surface area contributed by atoms with E-state index in [0.29, 0.717) is 23.1 Å². The molecule has 0 atom stereocenters. The summed E-state index contributed by atoms with van der Waals surface area (Å²) >= 11 is 12.1. The Balaban J connectivity index is 1.98. The molecule has 6 heteroatoms. The molecule has 0 fully saturated rings. The van der Waals surface area contributed by atoms with Crippen molar-refractivity contribution >= 4 is 23.2 Å². The number of hydrogen-bond acceptors (Lipinski definition) is 3. The van der Waals surface area contributed by atoms with Crippen molar-refractivity contribution in [2.75, 3.05) is 6.54 Å². The number of benzene rings is 1. The van der Waals surface area contributed by atoms with Gasteiger partial charge < -0.3 is 5.32 Å². The zero-order valence-electron chi connectivity index (χ0n) is 10.7. The zero-order chi connectivity index (χ0) is 14.1. The van der Waals surface area contributed by atoms with Crippen molar-refractivity contribution in [1.29, 1.82) is 0 Å². The van der Waals surface area contributed by atoms with Gasteiger partial charge in [0.05, 0.1) is 22.3 Å². The second-order valence-electron chi connectivity index (χ2n) is 4.75. The minimum atomic E-state index is -0.122. The topological polar surface area (TPSA) is 46.9 Å². The van der Waals surface area contributed by atoms with Gasteiger partial charge in [0, 0.05) is 25.6 Å². The molecule has 1 N–H and O–H groups in total. The molecule has 3 rings (SSSR count). The summed E-state index contributed by atoms with van der Waals surface area (Å²) in [6, 6.07) is 7.04. The maximum atomic E-state index is 12.1. The van der Waals surface area contributed by atoms with Crippen LogP contribution in [0.15, 0.2) is 29.1 Å². The van der Waals surface area contributed by atoms with Crippen LogP contribution in [0.25, 0.3) is 0 Å². The van der Waals surface area contributed by atoms with E-state index >= 15 is 0 Å². The summed E-state index contributed by atoms with van der Waals surface area (Å²) in [5.41, 5.74) is 2.63. The van der Waals surface area contributed by atoms with E-state index in [1.54, 1.807) is 12.1 Å². The van der Waals surface area contributed by atoms with Gasteiger partial charge in [0.25, 0.3) is 5.56 Å². The molecular formula is C14H13Cl2N3O. The van der Waals surface area contributed by atoms with Crippen LogP contribution < -0.4 is 10.9 Å². The molecule has 0 spiro atoms. The summed E-state index contributed by atoms with van der Waals surface area (Å²) in [5.74, 6) is 0. The molecule has 0 saturated carbocycles. The Kier molecular flexibility index (Phi) is 3.78. The van der Waals surface area contributed by atoms with E-state index in [4.69, 9.17) is 23.2 Å². The smallest absolute Gasteiger partial charge is 0.267 e. The summed E-state index contributed by atoms with van der Waals surface area (Å²) in [5, 5.41) is 8.63. The van der Waals surface area contributed by atoms with Gasteiger partial charge in [0.1, 0.15) is 0 Å². The van der Waals surface area contributed by atoms with Gasteiger partial charge in [0.15, 0.2) is 0 Å². The molecule has 0 amide bonds.